The largest absolute Gasteiger partial charge is 0.460 e. The van der Waals surface area contributed by atoms with Gasteiger partial charge < -0.3 is 118 Å². The van der Waals surface area contributed by atoms with Crippen molar-refractivity contribution in [3.8, 4) is 6.26 Å². The van der Waals surface area contributed by atoms with Crippen molar-refractivity contribution in [2.75, 3.05) is 190 Å². The van der Waals surface area contributed by atoms with E-state index in [4.69, 9.17) is 79.9 Å². The van der Waals surface area contributed by atoms with Gasteiger partial charge in [0.1, 0.15) is 26.4 Å². The van der Waals surface area contributed by atoms with Gasteiger partial charge in [0.15, 0.2) is 0 Å². The Bertz CT molecular complexity index is 2620. The highest BCUT2D eigenvalue weighted by molar-refractivity contribution is 6.66. The molecular formula is C71H129N5O30Si3. The molecule has 0 unspecified atom stereocenters. The van der Waals surface area contributed by atoms with Crippen molar-refractivity contribution >= 4 is 79.5 Å². The zero-order valence-electron chi connectivity index (χ0n) is 68.4. The molecule has 35 nitrogen and oxygen atoms in total. The SMILES string of the molecule is C=C(C)C(=O)OCCOC#N.C=C(OC(=O)CCN(C)CCO)OC(=O)C(=C)C.C=C(OC(=O)CCN(C)CCO)OC(=O)C(=C)C.C=C(OC(=O)CCN(C)CCOC(=O)NCCOC(=O)C(=C)C)OC(=O)C(=C)C.COCCC[Si](C)(OC)OC.COCCC[Si](C)(OC)OC.COCCC[Si](C)(OC)OC. The summed E-state index contributed by atoms with van der Waals surface area (Å²) in [5.41, 5.74) is 1.14. The monoisotopic (exact) mass is 1620 g/mol. The van der Waals surface area contributed by atoms with E-state index in [0.29, 0.717) is 44.8 Å². The first-order valence-corrected chi connectivity index (χ1v) is 41.5. The highest BCUT2D eigenvalue weighted by Gasteiger charge is 2.29. The number of aliphatic hydroxyl groups excluding tert-OH is 2. The van der Waals surface area contributed by atoms with Crippen LogP contribution in [0.1, 0.15) is 73.1 Å². The maximum absolute atomic E-state index is 11.7. The van der Waals surface area contributed by atoms with Gasteiger partial charge in [0.25, 0.3) is 24.1 Å². The molecule has 630 valence electrons. The van der Waals surface area contributed by atoms with Crippen molar-refractivity contribution in [2.24, 2.45) is 0 Å². The lowest BCUT2D eigenvalue weighted by atomic mass is 10.4. The van der Waals surface area contributed by atoms with Crippen LogP contribution in [0, 0.1) is 11.5 Å². The normalized spacial score (nSPS) is 10.4. The second-order valence-electron chi connectivity index (χ2n) is 23.4. The molecule has 109 heavy (non-hydrogen) atoms. The molecule has 0 aliphatic carbocycles. The van der Waals surface area contributed by atoms with Gasteiger partial charge in [0.2, 0.25) is 0 Å². The fourth-order valence-electron chi connectivity index (χ4n) is 6.28. The van der Waals surface area contributed by atoms with Crippen LogP contribution in [0.3, 0.4) is 0 Å². The molecule has 0 fully saturated rings. The van der Waals surface area contributed by atoms with Crippen LogP contribution in [0.25, 0.3) is 0 Å². The molecule has 0 bridgehead atoms. The molecule has 0 radical (unpaired) electrons. The summed E-state index contributed by atoms with van der Waals surface area (Å²) in [6.07, 6.45) is 4.09. The highest BCUT2D eigenvalue weighted by atomic mass is 28.4. The van der Waals surface area contributed by atoms with E-state index >= 15 is 0 Å². The predicted molar refractivity (Wildman–Crippen MR) is 412 cm³/mol. The molecule has 0 aliphatic heterocycles. The molecule has 0 saturated carbocycles. The van der Waals surface area contributed by atoms with Gasteiger partial charge in [0, 0.05) is 151 Å². The van der Waals surface area contributed by atoms with Gasteiger partial charge in [-0.2, -0.15) is 5.26 Å². The summed E-state index contributed by atoms with van der Waals surface area (Å²) >= 11 is 0. The van der Waals surface area contributed by atoms with E-state index in [-0.39, 0.29) is 99.6 Å². The zero-order valence-corrected chi connectivity index (χ0v) is 71.4. The number of carbonyl (C=O) groups excluding carboxylic acids is 9. The molecule has 1 amide bonds. The average molecular weight is 1620 g/mol. The van der Waals surface area contributed by atoms with Crippen molar-refractivity contribution in [3.05, 3.63) is 98.3 Å². The maximum Gasteiger partial charge on any atom is 0.407 e. The minimum absolute atomic E-state index is 0.00970. The Balaban J connectivity index is -0.000000231. The number of rotatable bonds is 51. The Hall–Kier alpha value is -7.67. The van der Waals surface area contributed by atoms with Crippen molar-refractivity contribution in [1.29, 1.82) is 5.26 Å². The Morgan fingerprint density at radius 3 is 0.899 bits per heavy atom. The van der Waals surface area contributed by atoms with E-state index in [1.54, 1.807) is 107 Å². The zero-order chi connectivity index (χ0) is 85.6. The summed E-state index contributed by atoms with van der Waals surface area (Å²) in [4.78, 5) is 106. The third-order valence-corrected chi connectivity index (χ3v) is 22.4. The number of methoxy groups -OCH3 is 3. The van der Waals surface area contributed by atoms with Crippen molar-refractivity contribution in [1.82, 2.24) is 20.0 Å². The van der Waals surface area contributed by atoms with Gasteiger partial charge in [-0.15, -0.1) is 0 Å². The number of ether oxygens (including phenoxy) is 13. The number of likely N-dealkylation sites (N-methyl/N-ethyl adjacent to an activating group) is 3. The third kappa shape index (κ3) is 76.9. The van der Waals surface area contributed by atoms with E-state index in [9.17, 15) is 43.2 Å². The van der Waals surface area contributed by atoms with Gasteiger partial charge in [-0.05, 0) is 133 Å². The topological polar surface area (TPSA) is 415 Å². The molecule has 0 aromatic heterocycles. The summed E-state index contributed by atoms with van der Waals surface area (Å²) in [6, 6.07) is 2.98. The van der Waals surface area contributed by atoms with Gasteiger partial charge in [0.05, 0.1) is 39.0 Å². The first-order chi connectivity index (χ1) is 51.0. The van der Waals surface area contributed by atoms with Crippen LogP contribution in [0.5, 0.6) is 0 Å². The van der Waals surface area contributed by atoms with Gasteiger partial charge in [-0.3, -0.25) is 14.4 Å². The van der Waals surface area contributed by atoms with E-state index in [1.165, 1.54) is 34.0 Å². The Morgan fingerprint density at radius 2 is 0.651 bits per heavy atom. The van der Waals surface area contributed by atoms with Crippen molar-refractivity contribution in [2.45, 2.75) is 111 Å². The van der Waals surface area contributed by atoms with E-state index in [2.05, 4.69) is 101 Å². The molecular weight excluding hydrogens is 1490 g/mol. The third-order valence-electron chi connectivity index (χ3n) is 13.4. The second kappa shape index (κ2) is 73.1. The first kappa shape index (κ1) is 115. The number of hydrogen-bond donors (Lipinski definition) is 3. The predicted octanol–water partition coefficient (Wildman–Crippen LogP) is 6.92. The lowest BCUT2D eigenvalue weighted by Gasteiger charge is -2.22. The molecule has 0 atom stereocenters. The lowest BCUT2D eigenvalue weighted by Crippen LogP contribution is -2.36. The first-order valence-electron chi connectivity index (χ1n) is 33.9. The number of nitrogens with zero attached hydrogens (tertiary/aromatic N) is 4. The number of esters is 8. The van der Waals surface area contributed by atoms with Gasteiger partial charge in [-0.25, -0.2) is 28.8 Å². The molecule has 0 aromatic rings. The summed E-state index contributed by atoms with van der Waals surface area (Å²) in [5.74, 6) is -5.99. The molecule has 0 spiro atoms. The minimum Gasteiger partial charge on any atom is -0.460 e. The molecule has 0 rings (SSSR count). The molecule has 0 saturated heterocycles. The Labute approximate surface area is 649 Å². The van der Waals surface area contributed by atoms with Crippen LogP contribution in [-0.4, -0.2) is 295 Å². The average Bonchev–Trinajstić information content (AvgIpc) is 0.944. The molecule has 0 heterocycles. The lowest BCUT2D eigenvalue weighted by molar-refractivity contribution is -0.153. The molecule has 0 aromatic carbocycles. The van der Waals surface area contributed by atoms with E-state index in [1.807, 2.05) is 0 Å². The summed E-state index contributed by atoms with van der Waals surface area (Å²) in [6.45, 7) is 45.8. The Kier molecular flexibility index (Phi) is 76.9. The smallest absolute Gasteiger partial charge is 0.407 e. The van der Waals surface area contributed by atoms with Gasteiger partial charge in [-0.1, -0.05) is 32.9 Å². The number of alkyl carbamates (subject to hydrolysis) is 1. The molecule has 3 N–H and O–H groups in total. The van der Waals surface area contributed by atoms with Crippen molar-refractivity contribution in [3.63, 3.8) is 0 Å². The van der Waals surface area contributed by atoms with E-state index < -0.39 is 85.5 Å². The van der Waals surface area contributed by atoms with Crippen LogP contribution in [0.15, 0.2) is 98.3 Å². The fourth-order valence-corrected chi connectivity index (χ4v) is 10.4. The van der Waals surface area contributed by atoms with E-state index in [0.717, 1.165) is 57.2 Å². The quantitative estimate of drug-likeness (QED) is 0.0106. The summed E-state index contributed by atoms with van der Waals surface area (Å²) in [7, 11) is 15.2. The minimum atomic E-state index is -1.81. The number of aliphatic hydroxyl groups is 2. The summed E-state index contributed by atoms with van der Waals surface area (Å²) in [5, 5.41) is 27.7. The van der Waals surface area contributed by atoms with Gasteiger partial charge >= 0.3 is 79.5 Å². The second-order valence-corrected chi connectivity index (χ2v) is 34.2. The number of carbonyl (C=O) groups is 9. The number of nitriles is 1. The van der Waals surface area contributed by atoms with Crippen LogP contribution in [0.4, 0.5) is 4.79 Å². The highest BCUT2D eigenvalue weighted by Crippen LogP contribution is 2.16. The standard InChI is InChI=1S/C19H28N2O8.2C12H19NO5.C7H9NO3.3C7H18O3Si/c1-13(2)17(23)26-11-8-20-19(25)27-12-10-21(6)9-7-16(22)28-15(5)29-18(24)14(3)4;2*1-9(2)12(16)18-10(3)17-11(15)5-6-13(4)7-8-14;1-6(2)7(9)11-4-3-10-5-8;3*1-8-6-5-7-11(4,9-2)10-3/h1,3,5,7-12H2,2,4,6H3,(H,20,25);2*14H,1,3,5-8H2,2,4H3;1,3-4H2,2H3;3*5-7H2,1-4H3. The number of hydrogen-bond acceptors (Lipinski definition) is 34. The Morgan fingerprint density at radius 1 is 0.376 bits per heavy atom. The number of amides is 1. The summed E-state index contributed by atoms with van der Waals surface area (Å²) < 4.78 is 93.2. The molecule has 0 aliphatic rings. The molecule has 38 heteroatoms. The fraction of sp³-hybridized carbons (Fsp3) is 0.634. The van der Waals surface area contributed by atoms with Crippen molar-refractivity contribution < 1.29 is 141 Å². The van der Waals surface area contributed by atoms with Crippen LogP contribution in [-0.2, 0) is 126 Å². The number of nitrogens with one attached hydrogen (secondary N) is 1. The van der Waals surface area contributed by atoms with Crippen LogP contribution in [0.2, 0.25) is 37.8 Å². The van der Waals surface area contributed by atoms with Crippen LogP contribution >= 0.6 is 0 Å². The maximum atomic E-state index is 11.7. The van der Waals surface area contributed by atoms with Crippen LogP contribution < -0.4 is 5.32 Å².